The highest BCUT2D eigenvalue weighted by molar-refractivity contribution is 7.92. The predicted molar refractivity (Wildman–Crippen MR) is 126 cm³/mol. The molecule has 1 atom stereocenters. The normalized spacial score (nSPS) is 15.3. The molecular weight excluding hydrogens is 424 g/mol. The van der Waals surface area contributed by atoms with Crippen LogP contribution in [-0.4, -0.2) is 34.0 Å². The second kappa shape index (κ2) is 8.67. The molecule has 0 saturated heterocycles. The van der Waals surface area contributed by atoms with Gasteiger partial charge in [0.2, 0.25) is 5.91 Å². The Bertz CT molecular complexity index is 1220. The van der Waals surface area contributed by atoms with Crippen LogP contribution >= 0.6 is 0 Å². The molecule has 3 aromatic rings. The molecule has 0 aliphatic carbocycles. The van der Waals surface area contributed by atoms with E-state index in [1.54, 1.807) is 60.5 Å². The molecule has 0 radical (unpaired) electrons. The lowest BCUT2D eigenvalue weighted by atomic mass is 10.1. The van der Waals surface area contributed by atoms with E-state index in [0.29, 0.717) is 11.4 Å². The highest BCUT2D eigenvalue weighted by atomic mass is 32.2. The van der Waals surface area contributed by atoms with Gasteiger partial charge in [0.05, 0.1) is 17.7 Å². The smallest absolute Gasteiger partial charge is 0.264 e. The number of fused-ring (bicyclic) bond motifs is 1. The maximum atomic E-state index is 13.6. The van der Waals surface area contributed by atoms with Crippen LogP contribution < -0.4 is 13.9 Å². The van der Waals surface area contributed by atoms with Crippen molar-refractivity contribution >= 4 is 27.3 Å². The van der Waals surface area contributed by atoms with E-state index in [1.807, 2.05) is 38.1 Å². The highest BCUT2D eigenvalue weighted by Gasteiger charge is 2.34. The predicted octanol–water partition coefficient (Wildman–Crippen LogP) is 4.18. The minimum absolute atomic E-state index is 0.0419. The number of para-hydroxylation sites is 1. The topological polar surface area (TPSA) is 66.9 Å². The number of amides is 1. The average Bonchev–Trinajstić information content (AvgIpc) is 3.13. The first-order valence-corrected chi connectivity index (χ1v) is 11.9. The highest BCUT2D eigenvalue weighted by Crippen LogP contribution is 2.33. The van der Waals surface area contributed by atoms with Crippen molar-refractivity contribution in [3.8, 4) is 5.75 Å². The number of methoxy groups -OCH3 is 1. The summed E-state index contributed by atoms with van der Waals surface area (Å²) in [6.45, 7) is 3.57. The number of ether oxygens (including phenoxy) is 1. The zero-order chi connectivity index (χ0) is 22.9. The van der Waals surface area contributed by atoms with Gasteiger partial charge in [0.25, 0.3) is 10.0 Å². The molecule has 0 spiro atoms. The van der Waals surface area contributed by atoms with Crippen molar-refractivity contribution in [3.63, 3.8) is 0 Å². The molecule has 0 saturated carbocycles. The first-order chi connectivity index (χ1) is 15.3. The Morgan fingerprint density at radius 3 is 2.34 bits per heavy atom. The summed E-state index contributed by atoms with van der Waals surface area (Å²) in [4.78, 5) is 15.3. The molecule has 7 heteroatoms. The lowest BCUT2D eigenvalue weighted by Gasteiger charge is -2.29. The van der Waals surface area contributed by atoms with Crippen molar-refractivity contribution in [2.24, 2.45) is 0 Å². The van der Waals surface area contributed by atoms with Crippen LogP contribution in [0.25, 0.3) is 0 Å². The largest absolute Gasteiger partial charge is 0.497 e. The van der Waals surface area contributed by atoms with E-state index in [-0.39, 0.29) is 23.4 Å². The second-order valence-electron chi connectivity index (χ2n) is 7.97. The van der Waals surface area contributed by atoms with Crippen molar-refractivity contribution in [2.75, 3.05) is 22.9 Å². The van der Waals surface area contributed by atoms with Crippen LogP contribution in [0.4, 0.5) is 11.4 Å². The van der Waals surface area contributed by atoms with Gasteiger partial charge in [0, 0.05) is 11.7 Å². The molecule has 0 unspecified atom stereocenters. The summed E-state index contributed by atoms with van der Waals surface area (Å²) in [6, 6.07) is 21.0. The zero-order valence-electron chi connectivity index (χ0n) is 18.4. The fourth-order valence-electron chi connectivity index (χ4n) is 4.05. The van der Waals surface area contributed by atoms with E-state index >= 15 is 0 Å². The number of aryl methyl sites for hydroxylation is 1. The number of nitrogens with zero attached hydrogens (tertiary/aromatic N) is 2. The van der Waals surface area contributed by atoms with E-state index in [0.717, 1.165) is 23.2 Å². The fourth-order valence-corrected chi connectivity index (χ4v) is 5.46. The van der Waals surface area contributed by atoms with Crippen LogP contribution in [0.15, 0.2) is 77.7 Å². The van der Waals surface area contributed by atoms with Gasteiger partial charge in [-0.15, -0.1) is 0 Å². The van der Waals surface area contributed by atoms with Crippen molar-refractivity contribution in [1.29, 1.82) is 0 Å². The van der Waals surface area contributed by atoms with Gasteiger partial charge in [-0.3, -0.25) is 9.10 Å². The van der Waals surface area contributed by atoms with Gasteiger partial charge >= 0.3 is 0 Å². The van der Waals surface area contributed by atoms with Crippen LogP contribution in [0.3, 0.4) is 0 Å². The molecule has 166 valence electrons. The van der Waals surface area contributed by atoms with E-state index in [9.17, 15) is 13.2 Å². The van der Waals surface area contributed by atoms with Crippen LogP contribution in [0.1, 0.15) is 18.1 Å². The number of sulfonamides is 1. The summed E-state index contributed by atoms with van der Waals surface area (Å²) < 4.78 is 33.6. The summed E-state index contributed by atoms with van der Waals surface area (Å²) in [6.07, 6.45) is 0.745. The van der Waals surface area contributed by atoms with Gasteiger partial charge in [0.15, 0.2) is 0 Å². The summed E-state index contributed by atoms with van der Waals surface area (Å²) >= 11 is 0. The van der Waals surface area contributed by atoms with E-state index in [1.165, 1.54) is 4.31 Å². The molecule has 32 heavy (non-hydrogen) atoms. The lowest BCUT2D eigenvalue weighted by Crippen LogP contribution is -2.45. The fraction of sp³-hybridized carbons (Fsp3) is 0.240. The maximum Gasteiger partial charge on any atom is 0.264 e. The monoisotopic (exact) mass is 450 g/mol. The third-order valence-corrected chi connectivity index (χ3v) is 7.51. The number of hydrogen-bond acceptors (Lipinski definition) is 4. The Balaban J connectivity index is 1.72. The Morgan fingerprint density at radius 2 is 1.69 bits per heavy atom. The van der Waals surface area contributed by atoms with Gasteiger partial charge < -0.3 is 9.64 Å². The van der Waals surface area contributed by atoms with Crippen LogP contribution in [0.5, 0.6) is 5.75 Å². The molecule has 0 N–H and O–H groups in total. The molecule has 0 bridgehead atoms. The molecule has 3 aromatic carbocycles. The Hall–Kier alpha value is -3.32. The number of carbonyl (C=O) groups excluding carboxylic acids is 1. The van der Waals surface area contributed by atoms with E-state index in [4.69, 9.17) is 4.74 Å². The number of carbonyl (C=O) groups is 1. The van der Waals surface area contributed by atoms with Gasteiger partial charge in [-0.1, -0.05) is 35.9 Å². The van der Waals surface area contributed by atoms with Crippen molar-refractivity contribution < 1.29 is 17.9 Å². The minimum atomic E-state index is -3.96. The molecule has 1 amide bonds. The summed E-state index contributed by atoms with van der Waals surface area (Å²) in [7, 11) is -2.42. The van der Waals surface area contributed by atoms with Crippen molar-refractivity contribution in [1.82, 2.24) is 0 Å². The molecule has 1 heterocycles. The van der Waals surface area contributed by atoms with Crippen LogP contribution in [0.2, 0.25) is 0 Å². The van der Waals surface area contributed by atoms with Crippen LogP contribution in [-0.2, 0) is 21.2 Å². The average molecular weight is 451 g/mol. The standard InChI is InChI=1S/C25H26N2O4S/c1-18-8-14-23(15-9-18)32(29,30)26(21-10-12-22(31-3)13-11-21)17-25(28)27-19(2)16-20-6-4-5-7-24(20)27/h4-15,19H,16-17H2,1-3H3/t19-/m1/s1. The molecule has 0 fully saturated rings. The SMILES string of the molecule is COc1ccc(N(CC(=O)N2c3ccccc3C[C@H]2C)S(=O)(=O)c2ccc(C)cc2)cc1. The van der Waals surface area contributed by atoms with Crippen molar-refractivity contribution in [3.05, 3.63) is 83.9 Å². The lowest BCUT2D eigenvalue weighted by molar-refractivity contribution is -0.117. The number of anilines is 2. The maximum absolute atomic E-state index is 13.6. The van der Waals surface area contributed by atoms with Gasteiger partial charge in [-0.25, -0.2) is 8.42 Å². The Morgan fingerprint density at radius 1 is 1.03 bits per heavy atom. The number of benzene rings is 3. The summed E-state index contributed by atoms with van der Waals surface area (Å²) in [5.74, 6) is 0.337. The van der Waals surface area contributed by atoms with Gasteiger partial charge in [-0.2, -0.15) is 0 Å². The summed E-state index contributed by atoms with van der Waals surface area (Å²) in [5.41, 5.74) is 3.29. The first kappa shape index (κ1) is 21.9. The molecule has 6 nitrogen and oxygen atoms in total. The third kappa shape index (κ3) is 4.08. The molecule has 0 aromatic heterocycles. The quantitative estimate of drug-likeness (QED) is 0.565. The van der Waals surface area contributed by atoms with E-state index in [2.05, 4.69) is 0 Å². The van der Waals surface area contributed by atoms with Crippen LogP contribution in [0, 0.1) is 6.92 Å². The number of rotatable bonds is 6. The minimum Gasteiger partial charge on any atom is -0.497 e. The Labute approximate surface area is 189 Å². The molecule has 1 aliphatic rings. The molecule has 4 rings (SSSR count). The van der Waals surface area contributed by atoms with Crippen molar-refractivity contribution in [2.45, 2.75) is 31.2 Å². The third-order valence-electron chi connectivity index (χ3n) is 5.72. The number of hydrogen-bond donors (Lipinski definition) is 0. The Kier molecular flexibility index (Phi) is 5.93. The van der Waals surface area contributed by atoms with E-state index < -0.39 is 10.0 Å². The second-order valence-corrected chi connectivity index (χ2v) is 9.83. The zero-order valence-corrected chi connectivity index (χ0v) is 19.2. The van der Waals surface area contributed by atoms with Gasteiger partial charge in [0.1, 0.15) is 12.3 Å². The summed E-state index contributed by atoms with van der Waals surface area (Å²) in [5, 5.41) is 0. The molecule has 1 aliphatic heterocycles. The first-order valence-electron chi connectivity index (χ1n) is 10.4. The molecular formula is C25H26N2O4S. The van der Waals surface area contributed by atoms with Gasteiger partial charge in [-0.05, 0) is 68.3 Å².